The third-order valence-electron chi connectivity index (χ3n) is 9.64. The van der Waals surface area contributed by atoms with E-state index in [2.05, 4.69) is 23.9 Å². The van der Waals surface area contributed by atoms with E-state index in [0.717, 1.165) is 32.1 Å². The molecule has 0 saturated heterocycles. The second-order valence-corrected chi connectivity index (χ2v) is 15.7. The molecule has 0 aromatic carbocycles. The van der Waals surface area contributed by atoms with E-state index in [-0.39, 0.29) is 32.3 Å². The van der Waals surface area contributed by atoms with Crippen LogP contribution in [0, 0.1) is 0 Å². The Morgan fingerprint density at radius 2 is 0.923 bits per heavy atom. The summed E-state index contributed by atoms with van der Waals surface area (Å²) in [6, 6.07) is 0. The zero-order valence-corrected chi connectivity index (χ0v) is 35.3. The van der Waals surface area contributed by atoms with E-state index < -0.39 is 20.5 Å². The smallest absolute Gasteiger partial charge is 0.406 e. The van der Waals surface area contributed by atoms with Gasteiger partial charge in [-0.05, 0) is 12.8 Å². The molecule has 0 bridgehead atoms. The van der Waals surface area contributed by atoms with Crippen LogP contribution in [0.4, 0.5) is 4.79 Å². The molecule has 10 heteroatoms. The van der Waals surface area contributed by atoms with Crippen molar-refractivity contribution in [2.24, 2.45) is 0 Å². The molecule has 1 amide bonds. The quantitative estimate of drug-likeness (QED) is 0.0372. The van der Waals surface area contributed by atoms with Crippen LogP contribution in [0.1, 0.15) is 213 Å². The number of esters is 1. The van der Waals surface area contributed by atoms with Gasteiger partial charge in [0.05, 0.1) is 26.9 Å². The minimum Gasteiger partial charge on any atom is -0.457 e. The van der Waals surface area contributed by atoms with Crippen LogP contribution in [0.5, 0.6) is 0 Å². The number of hydrogen-bond acceptors (Lipinski definition) is 8. The molecule has 0 aromatic heterocycles. The van der Waals surface area contributed by atoms with E-state index in [1.54, 1.807) is 0 Å². The summed E-state index contributed by atoms with van der Waals surface area (Å²) < 4.78 is 38.8. The van der Waals surface area contributed by atoms with E-state index in [4.69, 9.17) is 18.5 Å². The summed E-state index contributed by atoms with van der Waals surface area (Å²) in [5.74, 6) is -0.276. The van der Waals surface area contributed by atoms with Crippen molar-refractivity contribution in [3.63, 3.8) is 0 Å². The van der Waals surface area contributed by atoms with Crippen LogP contribution in [0.15, 0.2) is 0 Å². The summed E-state index contributed by atoms with van der Waals surface area (Å²) >= 11 is 0. The number of nitrogens with one attached hydrogen (secondary N) is 1. The Bertz CT molecular complexity index is 787. The van der Waals surface area contributed by atoms with Gasteiger partial charge in [-0.15, -0.1) is 0 Å². The summed E-state index contributed by atoms with van der Waals surface area (Å²) in [6.07, 6.45) is 38.0. The van der Waals surface area contributed by atoms with Crippen molar-refractivity contribution in [1.82, 2.24) is 5.32 Å². The minimum absolute atomic E-state index is 0.0201. The lowest BCUT2D eigenvalue weighted by molar-refractivity contribution is -0.154. The molecule has 0 aromatic rings. The first kappa shape index (κ1) is 50.9. The SMILES string of the molecule is CCCCCCCCCCCCCCCCCOC[C@H](CO[PH](=O)OCCNC(=O)OC)OC(=O)CCCCCCCCCCCCCCCCC. The largest absolute Gasteiger partial charge is 0.457 e. The lowest BCUT2D eigenvalue weighted by atomic mass is 10.0. The number of methoxy groups -OCH3 is 1. The fraction of sp³-hybridized carbons (Fsp3) is 0.952. The van der Waals surface area contributed by atoms with Crippen LogP contribution >= 0.6 is 8.25 Å². The summed E-state index contributed by atoms with van der Waals surface area (Å²) in [5.41, 5.74) is 0. The molecule has 0 fully saturated rings. The second-order valence-electron chi connectivity index (χ2n) is 14.7. The van der Waals surface area contributed by atoms with Crippen molar-refractivity contribution in [2.45, 2.75) is 219 Å². The highest BCUT2D eigenvalue weighted by Gasteiger charge is 2.17. The molecule has 9 nitrogen and oxygen atoms in total. The summed E-state index contributed by atoms with van der Waals surface area (Å²) in [5, 5.41) is 2.45. The third kappa shape index (κ3) is 40.0. The number of hydrogen-bond donors (Lipinski definition) is 1. The van der Waals surface area contributed by atoms with Gasteiger partial charge < -0.3 is 28.6 Å². The van der Waals surface area contributed by atoms with Gasteiger partial charge in [0, 0.05) is 19.6 Å². The van der Waals surface area contributed by atoms with Gasteiger partial charge >= 0.3 is 20.3 Å². The predicted molar refractivity (Wildman–Crippen MR) is 216 cm³/mol. The minimum atomic E-state index is -2.82. The number of carbonyl (C=O) groups excluding carboxylic acids is 2. The molecule has 52 heavy (non-hydrogen) atoms. The van der Waals surface area contributed by atoms with Crippen LogP contribution < -0.4 is 5.32 Å². The van der Waals surface area contributed by atoms with E-state index in [1.807, 2.05) is 0 Å². The van der Waals surface area contributed by atoms with E-state index in [9.17, 15) is 14.2 Å². The number of alkyl carbamates (subject to hydrolysis) is 1. The Morgan fingerprint density at radius 3 is 1.35 bits per heavy atom. The van der Waals surface area contributed by atoms with Gasteiger partial charge in [0.25, 0.3) is 0 Å². The highest BCUT2D eigenvalue weighted by atomic mass is 31.1. The summed E-state index contributed by atoms with van der Waals surface area (Å²) in [4.78, 5) is 23.8. The van der Waals surface area contributed by atoms with Gasteiger partial charge in [-0.1, -0.05) is 194 Å². The van der Waals surface area contributed by atoms with Crippen molar-refractivity contribution < 1.29 is 37.4 Å². The third-order valence-corrected chi connectivity index (χ3v) is 10.5. The number of rotatable bonds is 42. The Morgan fingerprint density at radius 1 is 0.519 bits per heavy atom. The monoisotopic (exact) mass is 762 g/mol. The van der Waals surface area contributed by atoms with Crippen molar-refractivity contribution in [3.05, 3.63) is 0 Å². The summed E-state index contributed by atoms with van der Waals surface area (Å²) in [6.45, 7) is 5.43. The maximum atomic E-state index is 12.6. The van der Waals surface area contributed by atoms with Gasteiger partial charge in [-0.2, -0.15) is 0 Å². The van der Waals surface area contributed by atoms with Gasteiger partial charge in [0.2, 0.25) is 0 Å². The second kappa shape index (κ2) is 42.6. The highest BCUT2D eigenvalue weighted by molar-refractivity contribution is 7.33. The van der Waals surface area contributed by atoms with Crippen LogP contribution in [-0.4, -0.2) is 58.2 Å². The first-order chi connectivity index (χ1) is 25.5. The zero-order valence-electron chi connectivity index (χ0n) is 34.3. The molecule has 310 valence electrons. The first-order valence-corrected chi connectivity index (χ1v) is 23.1. The fourth-order valence-electron chi connectivity index (χ4n) is 6.35. The molecule has 0 saturated carbocycles. The Balaban J connectivity index is 4.10. The van der Waals surface area contributed by atoms with E-state index in [0.29, 0.717) is 13.0 Å². The molecule has 0 aliphatic heterocycles. The topological polar surface area (TPSA) is 109 Å². The molecule has 0 aliphatic rings. The lowest BCUT2D eigenvalue weighted by Gasteiger charge is -2.18. The maximum Gasteiger partial charge on any atom is 0.406 e. The van der Waals surface area contributed by atoms with Gasteiger partial charge in [-0.25, -0.2) is 4.79 Å². The molecule has 0 radical (unpaired) electrons. The Kier molecular flexibility index (Phi) is 41.6. The molecule has 0 rings (SSSR count). The number of ether oxygens (including phenoxy) is 3. The Labute approximate surface area is 321 Å². The molecular formula is C42H84NO8P. The fourth-order valence-corrected chi connectivity index (χ4v) is 7.03. The van der Waals surface area contributed by atoms with Gasteiger partial charge in [0.1, 0.15) is 6.10 Å². The lowest BCUT2D eigenvalue weighted by Crippen LogP contribution is -2.28. The normalized spacial score (nSPS) is 12.5. The van der Waals surface area contributed by atoms with Crippen molar-refractivity contribution in [3.8, 4) is 0 Å². The number of unbranched alkanes of at least 4 members (excludes halogenated alkanes) is 28. The average Bonchev–Trinajstić information content (AvgIpc) is 3.14. The van der Waals surface area contributed by atoms with Crippen molar-refractivity contribution in [1.29, 1.82) is 0 Å². The highest BCUT2D eigenvalue weighted by Crippen LogP contribution is 2.24. The Hall–Kier alpha value is -1.15. The maximum absolute atomic E-state index is 12.6. The molecule has 0 aliphatic carbocycles. The molecule has 0 heterocycles. The molecule has 0 spiro atoms. The van der Waals surface area contributed by atoms with Gasteiger partial charge in [-0.3, -0.25) is 9.36 Å². The van der Waals surface area contributed by atoms with Crippen molar-refractivity contribution in [2.75, 3.05) is 40.1 Å². The average molecular weight is 762 g/mol. The van der Waals surface area contributed by atoms with Crippen LogP contribution in [0.3, 0.4) is 0 Å². The first-order valence-electron chi connectivity index (χ1n) is 21.9. The number of carbonyl (C=O) groups is 2. The standard InChI is InChI=1S/C42H84NO8P/c1-4-6-8-10-12-14-16-18-20-22-24-26-28-30-32-34-41(44)51-40(39-50-52(46)49-37-35-43-42(45)47-3)38-48-36-33-31-29-27-25-23-21-19-17-15-13-11-9-7-5-2/h40,52H,4-39H2,1-3H3,(H,43,45)/t40-/m1/s1. The molecular weight excluding hydrogens is 677 g/mol. The van der Waals surface area contributed by atoms with Crippen LogP contribution in [0.2, 0.25) is 0 Å². The number of amides is 1. The van der Waals surface area contributed by atoms with E-state index in [1.165, 1.54) is 168 Å². The summed E-state index contributed by atoms with van der Waals surface area (Å²) in [7, 11) is -1.55. The molecule has 1 unspecified atom stereocenters. The van der Waals surface area contributed by atoms with Crippen LogP contribution in [-0.2, 0) is 32.6 Å². The van der Waals surface area contributed by atoms with E-state index >= 15 is 0 Å². The molecule has 2 atom stereocenters. The van der Waals surface area contributed by atoms with Crippen molar-refractivity contribution >= 4 is 20.3 Å². The molecule has 1 N–H and O–H groups in total. The predicted octanol–water partition coefficient (Wildman–Crippen LogP) is 12.8. The zero-order chi connectivity index (χ0) is 38.0. The van der Waals surface area contributed by atoms with Crippen LogP contribution in [0.25, 0.3) is 0 Å². The van der Waals surface area contributed by atoms with Gasteiger partial charge in [0.15, 0.2) is 0 Å².